The fraction of sp³-hybridized carbons (Fsp3) is 0.903. The largest absolute Gasteiger partial charge is 0.464 e. The second kappa shape index (κ2) is 11.4. The van der Waals surface area contributed by atoms with Crippen LogP contribution in [0.15, 0.2) is 12.2 Å². The third-order valence-corrected chi connectivity index (χ3v) is 153. The lowest BCUT2D eigenvalue weighted by molar-refractivity contribution is -0.141. The van der Waals surface area contributed by atoms with Crippen LogP contribution in [0.5, 0.6) is 0 Å². The van der Waals surface area contributed by atoms with Crippen LogP contribution >= 0.6 is 0 Å². The Balaban J connectivity index is 2.61. The molecule has 12 heteroatoms. The van der Waals surface area contributed by atoms with Crippen LogP contribution in [-0.2, 0) is 22.8 Å². The smallest absolute Gasteiger partial charge is 0.333 e. The van der Waals surface area contributed by atoms with Gasteiger partial charge in [0.05, 0.1) is 50.5 Å². The van der Waals surface area contributed by atoms with E-state index in [2.05, 4.69) is 114 Å². The van der Waals surface area contributed by atoms with Crippen molar-refractivity contribution < 1.29 is 22.8 Å². The van der Waals surface area contributed by atoms with E-state index in [1.807, 2.05) is 6.92 Å². The summed E-state index contributed by atoms with van der Waals surface area (Å²) >= 11 is 0. The van der Waals surface area contributed by atoms with Crippen LogP contribution < -0.4 is 0 Å². The molecular formula is C31H68O5Si7. The zero-order chi connectivity index (χ0) is 33.5. The third kappa shape index (κ3) is 5.85. The van der Waals surface area contributed by atoms with Gasteiger partial charge in [0, 0.05) is 5.57 Å². The van der Waals surface area contributed by atoms with Gasteiger partial charge in [-0.1, -0.05) is 51.3 Å². The van der Waals surface area contributed by atoms with Crippen LogP contribution in [0.3, 0.4) is 0 Å². The summed E-state index contributed by atoms with van der Waals surface area (Å²) in [5.74, 6) is -0.180. The number of hydrogen-bond donors (Lipinski definition) is 0. The van der Waals surface area contributed by atoms with Gasteiger partial charge < -0.3 is 18.0 Å². The number of carbonyl (C=O) groups is 1. The summed E-state index contributed by atoms with van der Waals surface area (Å²) in [6.07, 6.45) is 4.24. The predicted molar refractivity (Wildman–Crippen MR) is 202 cm³/mol. The van der Waals surface area contributed by atoms with Crippen molar-refractivity contribution in [2.75, 3.05) is 0 Å². The lowest BCUT2D eigenvalue weighted by Crippen LogP contribution is -3.04. The van der Waals surface area contributed by atoms with E-state index < -0.39 is 51.5 Å². The van der Waals surface area contributed by atoms with Gasteiger partial charge in [0.2, 0.25) is 0 Å². The third-order valence-electron chi connectivity index (χ3n) is 13.3. The van der Waals surface area contributed by atoms with Crippen molar-refractivity contribution in [2.45, 2.75) is 181 Å². The lowest BCUT2D eigenvalue weighted by atomic mass is 10.1. The molecule has 5 nitrogen and oxygen atoms in total. The van der Waals surface area contributed by atoms with E-state index in [0.717, 1.165) is 25.7 Å². The van der Waals surface area contributed by atoms with Crippen molar-refractivity contribution in [1.29, 1.82) is 0 Å². The highest BCUT2D eigenvalue weighted by atomic mass is 30.2. The van der Waals surface area contributed by atoms with Gasteiger partial charge in [0.25, 0.3) is 0 Å². The molecule has 0 radical (unpaired) electrons. The summed E-state index contributed by atoms with van der Waals surface area (Å²) in [4.78, 5) is 13.8. The van der Waals surface area contributed by atoms with Crippen molar-refractivity contribution in [1.82, 2.24) is 0 Å². The second-order valence-electron chi connectivity index (χ2n) is 18.5. The van der Waals surface area contributed by atoms with Crippen LogP contribution in [0.1, 0.15) is 81.1 Å². The maximum atomic E-state index is 13.8. The van der Waals surface area contributed by atoms with Crippen LogP contribution in [0.4, 0.5) is 0 Å². The van der Waals surface area contributed by atoms with E-state index in [1.165, 1.54) is 18.1 Å². The van der Waals surface area contributed by atoms with E-state index in [-0.39, 0.29) is 28.5 Å². The first kappa shape index (κ1) is 38.1. The molecule has 3 saturated heterocycles. The molecule has 0 aromatic rings. The maximum absolute atomic E-state index is 13.8. The summed E-state index contributed by atoms with van der Waals surface area (Å²) in [6, 6.07) is 3.92. The van der Waals surface area contributed by atoms with Crippen molar-refractivity contribution in [3.8, 4) is 0 Å². The first-order valence-electron chi connectivity index (χ1n) is 17.0. The summed E-state index contributed by atoms with van der Waals surface area (Å²) in [6.45, 7) is 43.7. The molecule has 43 heavy (non-hydrogen) atoms. The summed E-state index contributed by atoms with van der Waals surface area (Å²) in [7, 11) is -13.4. The maximum Gasteiger partial charge on any atom is 0.333 e. The molecule has 0 amide bonds. The standard InChI is InChI=1S/C31H68O5Si7/c1-19-27(33-28(32)26(2)3)43(40(16)23-20-29(4,5)34-37(40,10)11,41(17)24-21-30(6,7)35-38(41,12)13)42(18)25-22-31(8,9)36-39(42,14)15/h27H,2,19-25H2,1,3-18H3. The summed E-state index contributed by atoms with van der Waals surface area (Å²) in [5, 5.41) is 0. The van der Waals surface area contributed by atoms with Crippen LogP contribution in [0.25, 0.3) is 0 Å². The number of carbonyl (C=O) groups excluding carboxylic acids is 1. The highest BCUT2D eigenvalue weighted by Gasteiger charge is 2.85. The molecule has 3 aliphatic heterocycles. The van der Waals surface area contributed by atoms with Gasteiger partial charge in [-0.15, -0.1) is 0 Å². The Hall–Kier alpha value is 0.608. The molecule has 0 bridgehead atoms. The van der Waals surface area contributed by atoms with E-state index in [0.29, 0.717) is 5.57 Å². The molecule has 0 saturated carbocycles. The van der Waals surface area contributed by atoms with E-state index in [9.17, 15) is 4.79 Å². The minimum absolute atomic E-state index is 0.00791. The van der Waals surface area contributed by atoms with Gasteiger partial charge in [0.15, 0.2) is 23.5 Å². The molecule has 250 valence electrons. The first-order chi connectivity index (χ1) is 19.0. The first-order valence-corrected chi connectivity index (χ1v) is 41.9. The fourth-order valence-electron chi connectivity index (χ4n) is 10.7. The number of esters is 1. The number of rotatable bonds is 7. The van der Waals surface area contributed by atoms with Crippen molar-refractivity contribution in [2.24, 2.45) is 0 Å². The van der Waals surface area contributed by atoms with E-state index in [1.54, 1.807) is 0 Å². The Bertz CT molecular complexity index is 1010. The summed E-state index contributed by atoms with van der Waals surface area (Å²) in [5.41, 5.74) is 0.226. The molecule has 3 heterocycles. The van der Waals surface area contributed by atoms with Crippen molar-refractivity contribution in [3.63, 3.8) is 0 Å². The highest BCUT2D eigenvalue weighted by Crippen LogP contribution is 2.60. The normalized spacial score (nSPS) is 37.9. The Labute approximate surface area is 271 Å². The summed E-state index contributed by atoms with van der Waals surface area (Å²) < 4.78 is 29.5. The lowest BCUT2D eigenvalue weighted by Gasteiger charge is -2.75. The van der Waals surface area contributed by atoms with E-state index in [4.69, 9.17) is 18.0 Å². The molecule has 3 fully saturated rings. The zero-order valence-electron chi connectivity index (χ0n) is 31.3. The molecule has 3 rings (SSSR count). The van der Waals surface area contributed by atoms with Crippen LogP contribution in [-0.4, -0.2) is 80.0 Å². The molecule has 0 spiro atoms. The van der Waals surface area contributed by atoms with Gasteiger partial charge in [-0.25, -0.2) is 4.79 Å². The minimum Gasteiger partial charge on any atom is -0.464 e. The van der Waals surface area contributed by atoms with Crippen LogP contribution in [0.2, 0.25) is 77.1 Å². The van der Waals surface area contributed by atoms with Gasteiger partial charge in [-0.05, 0) is 113 Å². The minimum atomic E-state index is -2.55. The zero-order valence-corrected chi connectivity index (χ0v) is 38.3. The molecule has 0 aromatic heterocycles. The highest BCUT2D eigenvalue weighted by molar-refractivity contribution is 8.10. The topological polar surface area (TPSA) is 54.0 Å². The molecule has 4 atom stereocenters. The quantitative estimate of drug-likeness (QED) is 0.150. The van der Waals surface area contributed by atoms with Crippen molar-refractivity contribution >= 4 is 57.4 Å². The molecular weight excluding hydrogens is 649 g/mol. The van der Waals surface area contributed by atoms with Crippen molar-refractivity contribution in [3.05, 3.63) is 12.2 Å². The Morgan fingerprint density at radius 2 is 0.977 bits per heavy atom. The average Bonchev–Trinajstić information content (AvgIpc) is 2.80. The molecule has 0 aliphatic carbocycles. The molecule has 0 aromatic carbocycles. The monoisotopic (exact) mass is 716 g/mol. The average molecular weight is 717 g/mol. The van der Waals surface area contributed by atoms with Gasteiger partial charge >= 0.3 is 5.97 Å². The van der Waals surface area contributed by atoms with Gasteiger partial charge in [-0.3, -0.25) is 0 Å². The Kier molecular flexibility index (Phi) is 10.0. The Morgan fingerprint density at radius 1 is 0.698 bits per heavy atom. The van der Waals surface area contributed by atoms with Crippen LogP contribution in [0, 0.1) is 0 Å². The predicted octanol–water partition coefficient (Wildman–Crippen LogP) is 8.79. The Morgan fingerprint density at radius 3 is 1.19 bits per heavy atom. The van der Waals surface area contributed by atoms with Gasteiger partial charge in [0.1, 0.15) is 0 Å². The van der Waals surface area contributed by atoms with E-state index >= 15 is 0 Å². The SMILES string of the molecule is C=C(C)C(=O)OC(CC)[Si]([Si]1(C)CCC(C)(C)O[Si]1(C)C)([Si]1(C)CCC(C)(C)O[Si]1(C)C)[Si]1(C)CCC(C)(C)O[Si]1(C)C. The molecule has 4 unspecified atom stereocenters. The van der Waals surface area contributed by atoms with Gasteiger partial charge in [-0.2, -0.15) is 0 Å². The molecule has 0 N–H and O–H groups in total. The number of ether oxygens (including phenoxy) is 1. The number of hydrogen-bond acceptors (Lipinski definition) is 5. The fourth-order valence-corrected chi connectivity index (χ4v) is 250. The molecule has 3 aliphatic rings. The second-order valence-corrected chi connectivity index (χ2v) is 86.7.